The van der Waals surface area contributed by atoms with Gasteiger partial charge in [-0.25, -0.2) is 0 Å². The van der Waals surface area contributed by atoms with Crippen molar-refractivity contribution in [1.82, 2.24) is 5.32 Å². The molecule has 0 spiro atoms. The summed E-state index contributed by atoms with van der Waals surface area (Å²) in [6.07, 6.45) is 0.315. The van der Waals surface area contributed by atoms with E-state index < -0.39 is 0 Å². The lowest BCUT2D eigenvalue weighted by atomic mass is 9.99. The minimum absolute atomic E-state index is 0.0415. The van der Waals surface area contributed by atoms with Gasteiger partial charge in [0.2, 0.25) is 5.91 Å². The maximum Gasteiger partial charge on any atom is 0.224 e. The van der Waals surface area contributed by atoms with Crippen molar-refractivity contribution < 1.29 is 9.53 Å². The van der Waals surface area contributed by atoms with E-state index in [-0.39, 0.29) is 11.9 Å². The number of rotatable bonds is 7. The molecular weight excluding hydrogens is 312 g/mol. The molecule has 1 unspecified atom stereocenters. The quantitative estimate of drug-likeness (QED) is 0.811. The van der Waals surface area contributed by atoms with Gasteiger partial charge in [0, 0.05) is 12.6 Å². The van der Waals surface area contributed by atoms with Gasteiger partial charge in [-0.3, -0.25) is 4.79 Å². The Morgan fingerprint density at radius 3 is 2.36 bits per heavy atom. The minimum atomic E-state index is -0.210. The van der Waals surface area contributed by atoms with Crippen LogP contribution in [-0.4, -0.2) is 19.6 Å². The van der Waals surface area contributed by atoms with E-state index in [1.807, 2.05) is 37.3 Å². The lowest BCUT2D eigenvalue weighted by molar-refractivity contribution is -0.120. The van der Waals surface area contributed by atoms with Crippen LogP contribution in [-0.2, 0) is 11.2 Å². The van der Waals surface area contributed by atoms with Crippen LogP contribution >= 0.6 is 0 Å². The molecule has 0 aromatic heterocycles. The van der Waals surface area contributed by atoms with E-state index in [1.54, 1.807) is 7.11 Å². The molecule has 2 rings (SSSR count). The highest BCUT2D eigenvalue weighted by atomic mass is 16.5. The first-order chi connectivity index (χ1) is 11.9. The Hall–Kier alpha value is -2.33. The molecule has 134 valence electrons. The molecule has 0 aliphatic heterocycles. The zero-order valence-electron chi connectivity index (χ0n) is 15.5. The SMILES string of the molecule is COc1cc(CC(=O)NCC(N)c2ccc(C(C)C)cc2)ccc1C. The number of ether oxygens (including phenoxy) is 1. The Labute approximate surface area is 150 Å². The Bertz CT molecular complexity index is 708. The third kappa shape index (κ3) is 5.33. The van der Waals surface area contributed by atoms with Crippen LogP contribution in [0, 0.1) is 6.92 Å². The number of hydrogen-bond acceptors (Lipinski definition) is 3. The molecule has 3 N–H and O–H groups in total. The van der Waals surface area contributed by atoms with E-state index in [4.69, 9.17) is 10.5 Å². The maximum atomic E-state index is 12.2. The van der Waals surface area contributed by atoms with Gasteiger partial charge < -0.3 is 15.8 Å². The first kappa shape index (κ1) is 19.0. The van der Waals surface area contributed by atoms with Crippen LogP contribution in [0.1, 0.15) is 48.1 Å². The predicted octanol–water partition coefficient (Wildman–Crippen LogP) is 3.49. The highest BCUT2D eigenvalue weighted by Crippen LogP contribution is 2.19. The zero-order chi connectivity index (χ0) is 18.4. The monoisotopic (exact) mass is 340 g/mol. The molecule has 0 fully saturated rings. The molecule has 4 heteroatoms. The number of nitrogens with two attached hydrogens (primary N) is 1. The number of hydrogen-bond donors (Lipinski definition) is 2. The van der Waals surface area contributed by atoms with Crippen LogP contribution in [0.25, 0.3) is 0 Å². The van der Waals surface area contributed by atoms with Crippen molar-refractivity contribution in [3.8, 4) is 5.75 Å². The van der Waals surface area contributed by atoms with E-state index in [1.165, 1.54) is 5.56 Å². The summed E-state index contributed by atoms with van der Waals surface area (Å²) in [7, 11) is 1.63. The number of benzene rings is 2. The summed E-state index contributed by atoms with van der Waals surface area (Å²) in [6, 6.07) is 13.9. The average molecular weight is 340 g/mol. The second-order valence-electron chi connectivity index (χ2n) is 6.71. The maximum absolute atomic E-state index is 12.2. The second-order valence-corrected chi connectivity index (χ2v) is 6.71. The smallest absolute Gasteiger partial charge is 0.224 e. The summed E-state index contributed by atoms with van der Waals surface area (Å²) in [5.41, 5.74) is 10.5. The topological polar surface area (TPSA) is 64.3 Å². The van der Waals surface area contributed by atoms with Crippen LogP contribution in [0.15, 0.2) is 42.5 Å². The molecule has 4 nitrogen and oxygen atoms in total. The summed E-state index contributed by atoms with van der Waals surface area (Å²) in [6.45, 7) is 6.72. The van der Waals surface area contributed by atoms with Gasteiger partial charge in [-0.15, -0.1) is 0 Å². The normalized spacial score (nSPS) is 12.1. The van der Waals surface area contributed by atoms with Crippen LogP contribution < -0.4 is 15.8 Å². The molecule has 0 radical (unpaired) electrons. The largest absolute Gasteiger partial charge is 0.496 e. The van der Waals surface area contributed by atoms with Gasteiger partial charge in [0.15, 0.2) is 0 Å². The minimum Gasteiger partial charge on any atom is -0.496 e. The molecule has 2 aromatic rings. The van der Waals surface area contributed by atoms with Crippen molar-refractivity contribution in [2.24, 2.45) is 5.73 Å². The van der Waals surface area contributed by atoms with Gasteiger partial charge in [-0.1, -0.05) is 50.2 Å². The van der Waals surface area contributed by atoms with Gasteiger partial charge >= 0.3 is 0 Å². The highest BCUT2D eigenvalue weighted by Gasteiger charge is 2.10. The van der Waals surface area contributed by atoms with E-state index in [9.17, 15) is 4.79 Å². The summed E-state index contributed by atoms with van der Waals surface area (Å²) < 4.78 is 5.30. The van der Waals surface area contributed by atoms with Crippen molar-refractivity contribution >= 4 is 5.91 Å². The van der Waals surface area contributed by atoms with Gasteiger partial charge in [0.25, 0.3) is 0 Å². The van der Waals surface area contributed by atoms with E-state index >= 15 is 0 Å². The number of amides is 1. The van der Waals surface area contributed by atoms with Gasteiger partial charge in [-0.2, -0.15) is 0 Å². The number of aryl methyl sites for hydroxylation is 1. The molecule has 1 atom stereocenters. The fourth-order valence-corrected chi connectivity index (χ4v) is 2.69. The van der Waals surface area contributed by atoms with E-state index in [0.29, 0.717) is 18.9 Å². The van der Waals surface area contributed by atoms with Crippen molar-refractivity contribution in [3.63, 3.8) is 0 Å². The predicted molar refractivity (Wildman–Crippen MR) is 102 cm³/mol. The molecule has 2 aromatic carbocycles. The number of methoxy groups -OCH3 is 1. The van der Waals surface area contributed by atoms with E-state index in [2.05, 4.69) is 31.3 Å². The Morgan fingerprint density at radius 2 is 1.76 bits per heavy atom. The number of carbonyl (C=O) groups is 1. The molecule has 0 aliphatic carbocycles. The third-order valence-electron chi connectivity index (χ3n) is 4.39. The fraction of sp³-hybridized carbons (Fsp3) is 0.381. The van der Waals surface area contributed by atoms with Gasteiger partial charge in [0.05, 0.1) is 13.5 Å². The van der Waals surface area contributed by atoms with Gasteiger partial charge in [-0.05, 0) is 41.2 Å². The highest BCUT2D eigenvalue weighted by molar-refractivity contribution is 5.78. The first-order valence-electron chi connectivity index (χ1n) is 8.66. The molecule has 0 bridgehead atoms. The molecule has 0 heterocycles. The Kier molecular flexibility index (Phi) is 6.59. The standard InChI is InChI=1S/C21H28N2O2/c1-14(2)17-7-9-18(10-8-17)19(22)13-23-21(24)12-16-6-5-15(3)20(11-16)25-4/h5-11,14,19H,12-13,22H2,1-4H3,(H,23,24). The van der Waals surface area contributed by atoms with Crippen LogP contribution in [0.5, 0.6) is 5.75 Å². The summed E-state index contributed by atoms with van der Waals surface area (Å²) in [5.74, 6) is 1.25. The Morgan fingerprint density at radius 1 is 1.12 bits per heavy atom. The van der Waals surface area contributed by atoms with Crippen LogP contribution in [0.3, 0.4) is 0 Å². The number of carbonyl (C=O) groups excluding carboxylic acids is 1. The second kappa shape index (κ2) is 8.67. The lowest BCUT2D eigenvalue weighted by Crippen LogP contribution is -2.32. The molecule has 1 amide bonds. The summed E-state index contributed by atoms with van der Waals surface area (Å²) >= 11 is 0. The van der Waals surface area contributed by atoms with Crippen LogP contribution in [0.4, 0.5) is 0 Å². The van der Waals surface area contributed by atoms with Crippen LogP contribution in [0.2, 0.25) is 0 Å². The van der Waals surface area contributed by atoms with Crippen molar-refractivity contribution in [2.45, 2.75) is 39.2 Å². The fourth-order valence-electron chi connectivity index (χ4n) is 2.69. The molecule has 0 aliphatic rings. The van der Waals surface area contributed by atoms with Crippen molar-refractivity contribution in [2.75, 3.05) is 13.7 Å². The molecular formula is C21H28N2O2. The summed E-state index contributed by atoms with van der Waals surface area (Å²) in [4.78, 5) is 12.2. The number of nitrogens with one attached hydrogen (secondary N) is 1. The summed E-state index contributed by atoms with van der Waals surface area (Å²) in [5, 5.41) is 2.91. The van der Waals surface area contributed by atoms with Gasteiger partial charge in [0.1, 0.15) is 5.75 Å². The Balaban J connectivity index is 1.88. The average Bonchev–Trinajstić information content (AvgIpc) is 2.61. The molecule has 25 heavy (non-hydrogen) atoms. The zero-order valence-corrected chi connectivity index (χ0v) is 15.5. The van der Waals surface area contributed by atoms with E-state index in [0.717, 1.165) is 22.4 Å². The third-order valence-corrected chi connectivity index (χ3v) is 4.39. The molecule has 0 saturated heterocycles. The van der Waals surface area contributed by atoms with Crippen molar-refractivity contribution in [3.05, 3.63) is 64.7 Å². The van der Waals surface area contributed by atoms with Crippen molar-refractivity contribution in [1.29, 1.82) is 0 Å². The first-order valence-corrected chi connectivity index (χ1v) is 8.66. The lowest BCUT2D eigenvalue weighted by Gasteiger charge is -2.15. The molecule has 0 saturated carbocycles.